The third-order valence-electron chi connectivity index (χ3n) is 2.73. The predicted octanol–water partition coefficient (Wildman–Crippen LogP) is 2.96. The smallest absolute Gasteiger partial charge is 0.147 e. The molecule has 1 aromatic rings. The Labute approximate surface area is 127 Å². The van der Waals surface area contributed by atoms with Crippen molar-refractivity contribution in [2.45, 2.75) is 31.7 Å². The van der Waals surface area contributed by atoms with E-state index in [1.165, 1.54) is 16.7 Å². The van der Waals surface area contributed by atoms with Crippen LogP contribution in [0.4, 0.5) is 0 Å². The number of sulfone groups is 1. The van der Waals surface area contributed by atoms with Crippen molar-refractivity contribution < 1.29 is 8.42 Å². The van der Waals surface area contributed by atoms with Gasteiger partial charge >= 0.3 is 0 Å². The Morgan fingerprint density at radius 3 is 2.40 bits per heavy atom. The molecule has 3 nitrogen and oxygen atoms in total. The Balaban J connectivity index is 2.28. The van der Waals surface area contributed by atoms with Gasteiger partial charge in [-0.05, 0) is 42.3 Å². The zero-order valence-electron chi connectivity index (χ0n) is 12.6. The minimum Gasteiger partial charge on any atom is -0.312 e. The topological polar surface area (TPSA) is 46.2 Å². The molecule has 5 heteroatoms. The van der Waals surface area contributed by atoms with Gasteiger partial charge in [0.2, 0.25) is 0 Å². The van der Waals surface area contributed by atoms with E-state index in [9.17, 15) is 8.42 Å². The van der Waals surface area contributed by atoms with Crippen LogP contribution in [0.1, 0.15) is 25.8 Å². The van der Waals surface area contributed by atoms with E-state index < -0.39 is 9.84 Å². The molecule has 0 aliphatic heterocycles. The van der Waals surface area contributed by atoms with Crippen molar-refractivity contribution >= 4 is 21.6 Å². The van der Waals surface area contributed by atoms with Crippen molar-refractivity contribution in [1.29, 1.82) is 0 Å². The SMILES string of the molecule is CC(C)CNCc1ccc(SCCCS(C)(=O)=O)cc1. The highest BCUT2D eigenvalue weighted by atomic mass is 32.2. The van der Waals surface area contributed by atoms with E-state index in [1.54, 1.807) is 11.8 Å². The molecule has 0 spiro atoms. The van der Waals surface area contributed by atoms with Gasteiger partial charge < -0.3 is 5.32 Å². The maximum atomic E-state index is 11.0. The quantitative estimate of drug-likeness (QED) is 0.562. The maximum Gasteiger partial charge on any atom is 0.147 e. The van der Waals surface area contributed by atoms with Crippen LogP contribution in [-0.2, 0) is 16.4 Å². The molecule has 0 aliphatic carbocycles. The third-order valence-corrected chi connectivity index (χ3v) is 4.86. The predicted molar refractivity (Wildman–Crippen MR) is 88.0 cm³/mol. The first-order chi connectivity index (χ1) is 9.37. The highest BCUT2D eigenvalue weighted by molar-refractivity contribution is 7.99. The van der Waals surface area contributed by atoms with Crippen LogP contribution in [-0.4, -0.2) is 32.7 Å². The summed E-state index contributed by atoms with van der Waals surface area (Å²) in [5.41, 5.74) is 1.28. The molecular weight excluding hydrogens is 290 g/mol. The second-order valence-electron chi connectivity index (χ2n) is 5.50. The summed E-state index contributed by atoms with van der Waals surface area (Å²) in [5.74, 6) is 1.79. The van der Waals surface area contributed by atoms with Gasteiger partial charge in [0.25, 0.3) is 0 Å². The van der Waals surface area contributed by atoms with Gasteiger partial charge in [-0.2, -0.15) is 0 Å². The van der Waals surface area contributed by atoms with E-state index in [1.807, 2.05) is 0 Å². The van der Waals surface area contributed by atoms with E-state index in [0.29, 0.717) is 12.3 Å². The molecule has 0 saturated carbocycles. The molecule has 1 aromatic carbocycles. The van der Waals surface area contributed by atoms with Crippen LogP contribution < -0.4 is 5.32 Å². The number of nitrogens with one attached hydrogen (secondary N) is 1. The molecule has 114 valence electrons. The molecule has 0 aliphatic rings. The average molecular weight is 316 g/mol. The summed E-state index contributed by atoms with van der Waals surface area (Å²) in [5, 5.41) is 3.42. The zero-order chi connectivity index (χ0) is 15.0. The van der Waals surface area contributed by atoms with Gasteiger partial charge in [-0.1, -0.05) is 26.0 Å². The molecule has 0 bridgehead atoms. The molecule has 0 atom stereocenters. The molecule has 0 unspecified atom stereocenters. The van der Waals surface area contributed by atoms with Crippen LogP contribution in [0.15, 0.2) is 29.2 Å². The third kappa shape index (κ3) is 8.61. The lowest BCUT2D eigenvalue weighted by molar-refractivity contribution is 0.552. The highest BCUT2D eigenvalue weighted by Crippen LogP contribution is 2.19. The zero-order valence-corrected chi connectivity index (χ0v) is 14.2. The number of benzene rings is 1. The van der Waals surface area contributed by atoms with Gasteiger partial charge in [0.05, 0.1) is 5.75 Å². The molecule has 0 saturated heterocycles. The molecule has 0 fully saturated rings. The fourth-order valence-corrected chi connectivity index (χ4v) is 3.42. The van der Waals surface area contributed by atoms with E-state index in [-0.39, 0.29) is 5.75 Å². The summed E-state index contributed by atoms with van der Waals surface area (Å²) in [6.07, 6.45) is 2.00. The summed E-state index contributed by atoms with van der Waals surface area (Å²) in [4.78, 5) is 1.20. The Morgan fingerprint density at radius 2 is 1.85 bits per heavy atom. The summed E-state index contributed by atoms with van der Waals surface area (Å²) < 4.78 is 22.0. The average Bonchev–Trinajstić information content (AvgIpc) is 2.35. The van der Waals surface area contributed by atoms with Crippen LogP contribution in [0.5, 0.6) is 0 Å². The van der Waals surface area contributed by atoms with Crippen LogP contribution in [0, 0.1) is 5.92 Å². The van der Waals surface area contributed by atoms with Crippen LogP contribution in [0.3, 0.4) is 0 Å². The van der Waals surface area contributed by atoms with Crippen LogP contribution >= 0.6 is 11.8 Å². The highest BCUT2D eigenvalue weighted by Gasteiger charge is 2.02. The lowest BCUT2D eigenvalue weighted by atomic mass is 10.2. The normalized spacial score (nSPS) is 12.0. The fourth-order valence-electron chi connectivity index (χ4n) is 1.72. The van der Waals surface area contributed by atoms with E-state index in [4.69, 9.17) is 0 Å². The second kappa shape index (κ2) is 8.70. The summed E-state index contributed by atoms with van der Waals surface area (Å²) in [7, 11) is -2.82. The minimum absolute atomic E-state index is 0.275. The standard InChI is InChI=1S/C15H25NO2S2/c1-13(2)11-16-12-14-5-7-15(8-6-14)19-9-4-10-20(3,17)18/h5-8,13,16H,4,9-12H2,1-3H3. The van der Waals surface area contributed by atoms with Crippen LogP contribution in [0.2, 0.25) is 0 Å². The summed E-state index contributed by atoms with van der Waals surface area (Å²) >= 11 is 1.71. The van der Waals surface area contributed by atoms with Gasteiger partial charge in [0.15, 0.2) is 0 Å². The second-order valence-corrected chi connectivity index (χ2v) is 8.93. The summed E-state index contributed by atoms with van der Waals surface area (Å²) in [6, 6.07) is 8.48. The van der Waals surface area contributed by atoms with Crippen molar-refractivity contribution in [3.63, 3.8) is 0 Å². The fraction of sp³-hybridized carbons (Fsp3) is 0.600. The Kier molecular flexibility index (Phi) is 7.62. The first kappa shape index (κ1) is 17.5. The molecule has 20 heavy (non-hydrogen) atoms. The van der Waals surface area contributed by atoms with Crippen molar-refractivity contribution in [2.75, 3.05) is 24.3 Å². The maximum absolute atomic E-state index is 11.0. The Hall–Kier alpha value is -0.520. The van der Waals surface area contributed by atoms with Gasteiger partial charge in [-0.3, -0.25) is 0 Å². The number of rotatable bonds is 9. The summed E-state index contributed by atoms with van der Waals surface area (Å²) in [6.45, 7) is 6.33. The van der Waals surface area contributed by atoms with Crippen molar-refractivity contribution in [2.24, 2.45) is 5.92 Å². The first-order valence-electron chi connectivity index (χ1n) is 6.97. The number of thioether (sulfide) groups is 1. The molecule has 0 radical (unpaired) electrons. The largest absolute Gasteiger partial charge is 0.312 e. The van der Waals surface area contributed by atoms with E-state index in [2.05, 4.69) is 43.4 Å². The van der Waals surface area contributed by atoms with E-state index in [0.717, 1.165) is 18.8 Å². The van der Waals surface area contributed by atoms with Crippen LogP contribution in [0.25, 0.3) is 0 Å². The molecule has 0 amide bonds. The van der Waals surface area contributed by atoms with Crippen molar-refractivity contribution in [1.82, 2.24) is 5.32 Å². The first-order valence-corrected chi connectivity index (χ1v) is 10.0. The lowest BCUT2D eigenvalue weighted by Crippen LogP contribution is -2.18. The molecule has 1 rings (SSSR count). The molecule has 0 heterocycles. The minimum atomic E-state index is -2.82. The molecule has 0 aromatic heterocycles. The lowest BCUT2D eigenvalue weighted by Gasteiger charge is -2.08. The molecule has 1 N–H and O–H groups in total. The van der Waals surface area contributed by atoms with Gasteiger partial charge in [-0.25, -0.2) is 8.42 Å². The van der Waals surface area contributed by atoms with Crippen molar-refractivity contribution in [3.05, 3.63) is 29.8 Å². The number of hydrogen-bond donors (Lipinski definition) is 1. The van der Waals surface area contributed by atoms with Gasteiger partial charge in [-0.15, -0.1) is 11.8 Å². The number of hydrogen-bond acceptors (Lipinski definition) is 4. The Morgan fingerprint density at radius 1 is 1.20 bits per heavy atom. The molecular formula is C15H25NO2S2. The van der Waals surface area contributed by atoms with E-state index >= 15 is 0 Å². The monoisotopic (exact) mass is 315 g/mol. The van der Waals surface area contributed by atoms with Crippen molar-refractivity contribution in [3.8, 4) is 0 Å². The van der Waals surface area contributed by atoms with Gasteiger partial charge in [0, 0.05) is 17.7 Å². The Bertz CT molecular complexity index is 481. The van der Waals surface area contributed by atoms with Gasteiger partial charge in [0.1, 0.15) is 9.84 Å².